The zero-order chi connectivity index (χ0) is 31.2. The van der Waals surface area contributed by atoms with Gasteiger partial charge in [-0.15, -0.1) is 11.3 Å². The lowest BCUT2D eigenvalue weighted by Gasteiger charge is -2.39. The van der Waals surface area contributed by atoms with Gasteiger partial charge in [0.1, 0.15) is 16.9 Å². The molecule has 4 aliphatic rings. The van der Waals surface area contributed by atoms with Gasteiger partial charge >= 0.3 is 0 Å². The minimum Gasteiger partial charge on any atom is -0.389 e. The van der Waals surface area contributed by atoms with Crippen LogP contribution in [0.1, 0.15) is 84.5 Å². The number of anilines is 2. The number of aryl methyl sites for hydroxylation is 1. The van der Waals surface area contributed by atoms with Crippen molar-refractivity contribution in [1.29, 1.82) is 5.26 Å². The third kappa shape index (κ3) is 3.95. The van der Waals surface area contributed by atoms with Gasteiger partial charge in [0.2, 0.25) is 0 Å². The summed E-state index contributed by atoms with van der Waals surface area (Å²) in [6.07, 6.45) is 11.7. The Morgan fingerprint density at radius 3 is 2.83 bits per heavy atom. The van der Waals surface area contributed by atoms with Crippen LogP contribution in [0, 0.1) is 11.3 Å². The molecule has 0 unspecified atom stereocenters. The van der Waals surface area contributed by atoms with Crippen molar-refractivity contribution in [1.82, 2.24) is 39.6 Å². The minimum atomic E-state index is -0.396. The first-order valence-corrected chi connectivity index (χ1v) is 17.3. The topological polar surface area (TPSA) is 144 Å². The fourth-order valence-electron chi connectivity index (χ4n) is 8.85. The molecule has 2 aliphatic heterocycles. The fourth-order valence-corrected chi connectivity index (χ4v) is 10.0. The highest BCUT2D eigenvalue weighted by atomic mass is 32.1. The Kier molecular flexibility index (Phi) is 6.31. The molecule has 5 aromatic heterocycles. The van der Waals surface area contributed by atoms with Gasteiger partial charge in [0.05, 0.1) is 47.4 Å². The number of likely N-dealkylation sites (tertiary alicyclic amines) is 1. The molecular formula is C33H37N11OS. The average Bonchev–Trinajstić information content (AvgIpc) is 3.90. The first kappa shape index (κ1) is 28.0. The number of fused-ring (bicyclic) bond motifs is 6. The van der Waals surface area contributed by atoms with E-state index in [-0.39, 0.29) is 6.04 Å². The minimum absolute atomic E-state index is 0.145. The standard InChI is InChI=1S/C33H37N11OS/c1-19(24-7-5-13-41(24)2)44-32-23(17-37-44)31(42-14-15-43-20(18-42)9-12-36-43)38-30(39-32)27-21-6-3-10-33(28(21)45-40-27)11-4-8-25-26(33)22(16-34)29(35)46-25/h9,12,17,19,24H,3-8,10-11,13-15,18,35H2,1-2H3/t19-,24-,33-/m0/s1. The molecule has 1 saturated heterocycles. The number of nitrogens with two attached hydrogens (primary N) is 1. The van der Waals surface area contributed by atoms with Gasteiger partial charge in [-0.2, -0.15) is 15.5 Å². The second-order valence-corrected chi connectivity index (χ2v) is 14.6. The van der Waals surface area contributed by atoms with Gasteiger partial charge in [-0.25, -0.2) is 14.6 Å². The first-order valence-electron chi connectivity index (χ1n) is 16.5. The number of thiophene rings is 1. The van der Waals surface area contributed by atoms with Crippen LogP contribution in [0.5, 0.6) is 0 Å². The van der Waals surface area contributed by atoms with Crippen molar-refractivity contribution >= 4 is 33.2 Å². The highest BCUT2D eigenvalue weighted by molar-refractivity contribution is 7.16. The van der Waals surface area contributed by atoms with Crippen LogP contribution >= 0.6 is 11.3 Å². The largest absolute Gasteiger partial charge is 0.389 e. The molecule has 2 aliphatic carbocycles. The fraction of sp³-hybridized carbons (Fsp3) is 0.515. The maximum Gasteiger partial charge on any atom is 0.186 e. The molecule has 1 fully saturated rings. The normalized spacial score (nSPS) is 23.4. The van der Waals surface area contributed by atoms with Gasteiger partial charge in [0.25, 0.3) is 0 Å². The summed E-state index contributed by atoms with van der Waals surface area (Å²) < 4.78 is 10.5. The molecule has 0 aromatic carbocycles. The van der Waals surface area contributed by atoms with Gasteiger partial charge in [0.15, 0.2) is 22.9 Å². The maximum absolute atomic E-state index is 10.1. The molecule has 7 heterocycles. The lowest BCUT2D eigenvalue weighted by molar-refractivity contribution is 0.232. The SMILES string of the molecule is C[C@@H]([C@@H]1CCCN1C)n1ncc2c(N3CCn4nccc4C3)nc(-c3noc4c3CCC[C@@]43CCCc4sc(N)c(C#N)c43)nc21. The van der Waals surface area contributed by atoms with Gasteiger partial charge in [0, 0.05) is 29.2 Å². The van der Waals surface area contributed by atoms with Gasteiger partial charge < -0.3 is 20.1 Å². The molecule has 236 valence electrons. The smallest absolute Gasteiger partial charge is 0.186 e. The number of likely N-dealkylation sites (N-methyl/N-ethyl adjacent to an activating group) is 1. The summed E-state index contributed by atoms with van der Waals surface area (Å²) in [5, 5.41) is 25.9. The van der Waals surface area contributed by atoms with E-state index in [9.17, 15) is 5.26 Å². The first-order chi connectivity index (χ1) is 22.5. The molecule has 12 nitrogen and oxygen atoms in total. The Balaban J connectivity index is 1.21. The van der Waals surface area contributed by atoms with Crippen LogP contribution in [0.15, 0.2) is 23.0 Å². The van der Waals surface area contributed by atoms with E-state index in [1.807, 2.05) is 12.4 Å². The van der Waals surface area contributed by atoms with E-state index >= 15 is 0 Å². The molecular weight excluding hydrogens is 599 g/mol. The van der Waals surface area contributed by atoms with Crippen molar-refractivity contribution in [2.75, 3.05) is 30.8 Å². The summed E-state index contributed by atoms with van der Waals surface area (Å²) in [6.45, 7) is 5.62. The number of hydrogen-bond acceptors (Lipinski definition) is 11. The Bertz CT molecular complexity index is 2030. The van der Waals surface area contributed by atoms with Crippen LogP contribution < -0.4 is 10.6 Å². The van der Waals surface area contributed by atoms with Crippen molar-refractivity contribution in [2.24, 2.45) is 0 Å². The van der Waals surface area contributed by atoms with Gasteiger partial charge in [-0.1, -0.05) is 5.16 Å². The van der Waals surface area contributed by atoms with Crippen molar-refractivity contribution in [3.8, 4) is 17.6 Å². The summed E-state index contributed by atoms with van der Waals surface area (Å²) >= 11 is 1.56. The predicted molar refractivity (Wildman–Crippen MR) is 175 cm³/mol. The Hall–Kier alpha value is -4.28. The highest BCUT2D eigenvalue weighted by Gasteiger charge is 2.49. The number of nitrogens with zero attached hydrogens (tertiary/aromatic N) is 10. The van der Waals surface area contributed by atoms with Gasteiger partial charge in [-0.3, -0.25) is 4.68 Å². The van der Waals surface area contributed by atoms with E-state index in [2.05, 4.69) is 50.4 Å². The van der Waals surface area contributed by atoms with Crippen LogP contribution in [0.4, 0.5) is 10.8 Å². The molecule has 2 N–H and O–H groups in total. The number of aromatic nitrogens is 7. The van der Waals surface area contributed by atoms with Crippen LogP contribution in [-0.2, 0) is 31.3 Å². The number of nitriles is 1. The number of nitrogen functional groups attached to an aromatic ring is 1. The van der Waals surface area contributed by atoms with E-state index in [0.29, 0.717) is 34.7 Å². The van der Waals surface area contributed by atoms with E-state index in [4.69, 9.17) is 30.5 Å². The molecule has 0 saturated carbocycles. The molecule has 3 atom stereocenters. The summed E-state index contributed by atoms with van der Waals surface area (Å²) in [6, 6.07) is 5.04. The second-order valence-electron chi connectivity index (χ2n) is 13.5. The Morgan fingerprint density at radius 1 is 1.13 bits per heavy atom. The van der Waals surface area contributed by atoms with Gasteiger partial charge in [-0.05, 0) is 83.5 Å². The molecule has 0 radical (unpaired) electrons. The predicted octanol–water partition coefficient (Wildman–Crippen LogP) is 4.83. The Morgan fingerprint density at radius 2 is 2.00 bits per heavy atom. The molecule has 9 rings (SSSR count). The quantitative estimate of drug-likeness (QED) is 0.292. The van der Waals surface area contributed by atoms with Crippen LogP contribution in [0.2, 0.25) is 0 Å². The molecule has 1 spiro atoms. The lowest BCUT2D eigenvalue weighted by atomic mass is 9.63. The summed E-state index contributed by atoms with van der Waals surface area (Å²) in [5.41, 5.74) is 11.4. The van der Waals surface area contributed by atoms with E-state index in [1.165, 1.54) is 11.3 Å². The molecule has 46 heavy (non-hydrogen) atoms. The molecule has 13 heteroatoms. The summed E-state index contributed by atoms with van der Waals surface area (Å²) in [7, 11) is 2.20. The maximum atomic E-state index is 10.1. The monoisotopic (exact) mass is 635 g/mol. The third-order valence-electron chi connectivity index (χ3n) is 11.1. The number of hydrogen-bond donors (Lipinski definition) is 1. The summed E-state index contributed by atoms with van der Waals surface area (Å²) in [5.74, 6) is 2.30. The van der Waals surface area contributed by atoms with Crippen molar-refractivity contribution in [3.05, 3.63) is 51.5 Å². The lowest BCUT2D eigenvalue weighted by Crippen LogP contribution is -2.35. The molecule has 5 aromatic rings. The molecule has 0 amide bonds. The van der Waals surface area contributed by atoms with E-state index in [1.54, 1.807) is 11.3 Å². The van der Waals surface area contributed by atoms with E-state index in [0.717, 1.165) is 104 Å². The van der Waals surface area contributed by atoms with E-state index < -0.39 is 5.41 Å². The van der Waals surface area contributed by atoms with Crippen LogP contribution in [-0.4, -0.2) is 65.8 Å². The van der Waals surface area contributed by atoms with Crippen molar-refractivity contribution in [3.63, 3.8) is 0 Å². The summed E-state index contributed by atoms with van der Waals surface area (Å²) in [4.78, 5) is 16.5. The highest BCUT2D eigenvalue weighted by Crippen LogP contribution is 2.55. The Labute approximate surface area is 270 Å². The van der Waals surface area contributed by atoms with Crippen molar-refractivity contribution < 1.29 is 4.52 Å². The second kappa shape index (κ2) is 10.4. The average molecular weight is 636 g/mol. The zero-order valence-electron chi connectivity index (χ0n) is 26.2. The third-order valence-corrected chi connectivity index (χ3v) is 12.1. The zero-order valence-corrected chi connectivity index (χ0v) is 27.1. The molecule has 0 bridgehead atoms. The van der Waals surface area contributed by atoms with Crippen LogP contribution in [0.3, 0.4) is 0 Å². The number of rotatable bonds is 4. The van der Waals surface area contributed by atoms with Crippen LogP contribution in [0.25, 0.3) is 22.6 Å². The van der Waals surface area contributed by atoms with Crippen molar-refractivity contribution in [2.45, 2.75) is 88.9 Å².